The quantitative estimate of drug-likeness (QED) is 0.539. The van der Waals surface area contributed by atoms with Crippen LogP contribution in [0, 0.1) is 11.6 Å². The van der Waals surface area contributed by atoms with Crippen molar-refractivity contribution in [1.82, 2.24) is 19.9 Å². The van der Waals surface area contributed by atoms with E-state index in [2.05, 4.69) is 24.6 Å². The molecule has 32 heavy (non-hydrogen) atoms. The molecule has 3 N–H and O–H groups in total. The number of nitrogens with one attached hydrogen (secondary N) is 3. The largest absolute Gasteiger partial charge is 0.367 e. The third-order valence-electron chi connectivity index (χ3n) is 5.05. The summed E-state index contributed by atoms with van der Waals surface area (Å²) in [5, 5.41) is 2.29. The van der Waals surface area contributed by atoms with Crippen LogP contribution in [0.1, 0.15) is 22.8 Å². The lowest BCUT2D eigenvalue weighted by atomic mass is 10.1. The minimum Gasteiger partial charge on any atom is -0.367 e. The number of carbonyl (C=O) groups excluding carboxylic acids is 1. The maximum atomic E-state index is 14.5. The fraction of sp³-hybridized carbons (Fsp3) is 0.400. The second kappa shape index (κ2) is 10.2. The van der Waals surface area contributed by atoms with E-state index in [-0.39, 0.29) is 23.6 Å². The first kappa shape index (κ1) is 23.8. The molecular formula is C20H26F2N6O3S. The summed E-state index contributed by atoms with van der Waals surface area (Å²) in [5.74, 6) is -2.65. The van der Waals surface area contributed by atoms with Crippen molar-refractivity contribution >= 4 is 27.6 Å². The summed E-state index contributed by atoms with van der Waals surface area (Å²) in [5.41, 5.74) is 0.666. The number of rotatable bonds is 8. The highest BCUT2D eigenvalue weighted by Gasteiger charge is 2.24. The highest BCUT2D eigenvalue weighted by Crippen LogP contribution is 2.25. The molecule has 9 nitrogen and oxygen atoms in total. The van der Waals surface area contributed by atoms with E-state index in [1.165, 1.54) is 25.4 Å². The number of pyridine rings is 1. The molecule has 1 amide bonds. The molecule has 1 aliphatic heterocycles. The Bertz CT molecular complexity index is 1070. The summed E-state index contributed by atoms with van der Waals surface area (Å²) >= 11 is 0. The van der Waals surface area contributed by atoms with Gasteiger partial charge in [-0.3, -0.25) is 14.4 Å². The van der Waals surface area contributed by atoms with E-state index < -0.39 is 27.8 Å². The summed E-state index contributed by atoms with van der Waals surface area (Å²) in [7, 11) is -2.31. The van der Waals surface area contributed by atoms with E-state index in [4.69, 9.17) is 0 Å². The van der Waals surface area contributed by atoms with Crippen molar-refractivity contribution in [2.24, 2.45) is 0 Å². The Morgan fingerprint density at radius 3 is 2.50 bits per heavy atom. The molecule has 1 aromatic carbocycles. The van der Waals surface area contributed by atoms with Crippen LogP contribution in [0.5, 0.6) is 0 Å². The van der Waals surface area contributed by atoms with Crippen LogP contribution >= 0.6 is 0 Å². The van der Waals surface area contributed by atoms with Gasteiger partial charge in [0.2, 0.25) is 0 Å². The van der Waals surface area contributed by atoms with Gasteiger partial charge in [0.1, 0.15) is 5.82 Å². The van der Waals surface area contributed by atoms with Gasteiger partial charge in [0.05, 0.1) is 11.3 Å². The number of carbonyl (C=O) groups is 1. The lowest BCUT2D eigenvalue weighted by molar-refractivity contribution is 0.0958. The van der Waals surface area contributed by atoms with Gasteiger partial charge in [-0.15, -0.1) is 0 Å². The van der Waals surface area contributed by atoms with Gasteiger partial charge in [0.25, 0.3) is 16.1 Å². The van der Waals surface area contributed by atoms with Crippen LogP contribution < -0.4 is 19.7 Å². The molecule has 0 atom stereocenters. The Labute approximate surface area is 186 Å². The molecular weight excluding hydrogens is 442 g/mol. The first-order valence-corrected chi connectivity index (χ1v) is 11.6. The maximum absolute atomic E-state index is 14.5. The molecule has 174 valence electrons. The average Bonchev–Trinajstić information content (AvgIpc) is 2.75. The van der Waals surface area contributed by atoms with Gasteiger partial charge in [-0.2, -0.15) is 13.1 Å². The minimum absolute atomic E-state index is 0.124. The highest BCUT2D eigenvalue weighted by atomic mass is 32.2. The Morgan fingerprint density at radius 1 is 1.12 bits per heavy atom. The third-order valence-corrected chi connectivity index (χ3v) is 6.20. The van der Waals surface area contributed by atoms with E-state index in [0.717, 1.165) is 5.56 Å². The predicted octanol–water partition coefficient (Wildman–Crippen LogP) is 1.31. The Morgan fingerprint density at radius 2 is 1.84 bits per heavy atom. The zero-order valence-electron chi connectivity index (χ0n) is 17.9. The number of amides is 1. The van der Waals surface area contributed by atoms with Crippen molar-refractivity contribution < 1.29 is 22.0 Å². The molecule has 12 heteroatoms. The molecule has 0 saturated carbocycles. The van der Waals surface area contributed by atoms with Crippen molar-refractivity contribution in [1.29, 1.82) is 0 Å². The lowest BCUT2D eigenvalue weighted by Crippen LogP contribution is -2.46. The molecule has 0 bridgehead atoms. The molecule has 2 aromatic rings. The van der Waals surface area contributed by atoms with Crippen molar-refractivity contribution in [3.05, 3.63) is 53.2 Å². The summed E-state index contributed by atoms with van der Waals surface area (Å²) in [4.78, 5) is 19.5. The van der Waals surface area contributed by atoms with Crippen molar-refractivity contribution in [2.75, 3.05) is 49.4 Å². The van der Waals surface area contributed by atoms with Crippen LogP contribution in [0.3, 0.4) is 0 Å². The zero-order valence-corrected chi connectivity index (χ0v) is 18.7. The monoisotopic (exact) mass is 468 g/mol. The predicted molar refractivity (Wildman–Crippen MR) is 118 cm³/mol. The van der Waals surface area contributed by atoms with E-state index in [0.29, 0.717) is 32.7 Å². The van der Waals surface area contributed by atoms with Crippen LogP contribution in [-0.2, 0) is 16.8 Å². The lowest BCUT2D eigenvalue weighted by Gasteiger charge is -2.36. The van der Waals surface area contributed by atoms with E-state index in [9.17, 15) is 22.0 Å². The number of halogens is 2. The van der Waals surface area contributed by atoms with Crippen LogP contribution in [-0.4, -0.2) is 64.0 Å². The molecule has 1 aliphatic rings. The zero-order chi connectivity index (χ0) is 23.3. The number of benzene rings is 1. The molecule has 2 heterocycles. The number of hydrogen-bond donors (Lipinski definition) is 3. The fourth-order valence-corrected chi connectivity index (χ4v) is 4.33. The van der Waals surface area contributed by atoms with Gasteiger partial charge >= 0.3 is 0 Å². The molecule has 0 radical (unpaired) electrons. The second-order valence-electron chi connectivity index (χ2n) is 7.26. The van der Waals surface area contributed by atoms with Crippen LogP contribution in [0.25, 0.3) is 0 Å². The van der Waals surface area contributed by atoms with Gasteiger partial charge in [-0.05, 0) is 29.8 Å². The maximum Gasteiger partial charge on any atom is 0.300 e. The topological polar surface area (TPSA) is 107 Å². The Balaban J connectivity index is 1.62. The van der Waals surface area contributed by atoms with Gasteiger partial charge in [0, 0.05) is 52.5 Å². The standard InChI is InChI=1S/C20H26F2N6O3S/c1-3-25-32(30,31)26-17-12-14(6-7-24-17)13-27-8-10-28(11-9-27)16-5-4-15(20(29)23-2)18(21)19(16)22/h4-7,12,25H,3,8-11,13H2,1-2H3,(H,23,29)(H,24,26). The normalized spacial score (nSPS) is 14.9. The van der Waals surface area contributed by atoms with Crippen molar-refractivity contribution in [3.63, 3.8) is 0 Å². The highest BCUT2D eigenvalue weighted by molar-refractivity contribution is 7.90. The first-order chi connectivity index (χ1) is 15.2. The molecule has 0 aliphatic carbocycles. The van der Waals surface area contributed by atoms with Gasteiger partial charge < -0.3 is 10.2 Å². The number of hydrogen-bond acceptors (Lipinski definition) is 6. The summed E-state index contributed by atoms with van der Waals surface area (Å²) in [6, 6.07) is 6.16. The summed E-state index contributed by atoms with van der Waals surface area (Å²) in [6.45, 7) is 4.63. The fourth-order valence-electron chi connectivity index (χ4n) is 3.49. The van der Waals surface area contributed by atoms with E-state index in [1.54, 1.807) is 24.0 Å². The van der Waals surface area contributed by atoms with E-state index in [1.807, 2.05) is 0 Å². The number of anilines is 2. The SMILES string of the molecule is CCNS(=O)(=O)Nc1cc(CN2CCN(c3ccc(C(=O)NC)c(F)c3F)CC2)ccn1. The molecule has 0 unspecified atom stereocenters. The van der Waals surface area contributed by atoms with Crippen LogP contribution in [0.4, 0.5) is 20.3 Å². The average molecular weight is 469 g/mol. The second-order valence-corrected chi connectivity index (χ2v) is 8.75. The third kappa shape index (κ3) is 5.69. The van der Waals surface area contributed by atoms with E-state index >= 15 is 0 Å². The molecule has 0 spiro atoms. The Hall–Kier alpha value is -2.83. The first-order valence-electron chi connectivity index (χ1n) is 10.1. The van der Waals surface area contributed by atoms with Crippen LogP contribution in [0.2, 0.25) is 0 Å². The van der Waals surface area contributed by atoms with Crippen LogP contribution in [0.15, 0.2) is 30.5 Å². The number of nitrogens with zero attached hydrogens (tertiary/aromatic N) is 3. The molecule has 1 aromatic heterocycles. The molecule has 3 rings (SSSR count). The minimum atomic E-state index is -3.66. The molecule has 1 saturated heterocycles. The molecule has 1 fully saturated rings. The van der Waals surface area contributed by atoms with Crippen molar-refractivity contribution in [3.8, 4) is 0 Å². The summed E-state index contributed by atoms with van der Waals surface area (Å²) < 4.78 is 57.2. The number of piperazine rings is 1. The van der Waals surface area contributed by atoms with Gasteiger partial charge in [-0.25, -0.2) is 13.8 Å². The number of aromatic nitrogens is 1. The smallest absolute Gasteiger partial charge is 0.300 e. The van der Waals surface area contributed by atoms with Crippen molar-refractivity contribution in [2.45, 2.75) is 13.5 Å². The summed E-state index contributed by atoms with van der Waals surface area (Å²) in [6.07, 6.45) is 1.53. The van der Waals surface area contributed by atoms with Gasteiger partial charge in [-0.1, -0.05) is 6.92 Å². The Kier molecular flexibility index (Phi) is 7.59. The van der Waals surface area contributed by atoms with Gasteiger partial charge in [0.15, 0.2) is 11.6 Å².